The van der Waals surface area contributed by atoms with E-state index in [1.807, 2.05) is 61.1 Å². The summed E-state index contributed by atoms with van der Waals surface area (Å²) >= 11 is 7.78. The Bertz CT molecular complexity index is 1520. The summed E-state index contributed by atoms with van der Waals surface area (Å²) in [6.45, 7) is 2.36. The molecule has 1 N–H and O–H groups in total. The lowest BCUT2D eigenvalue weighted by Crippen LogP contribution is -2.24. The summed E-state index contributed by atoms with van der Waals surface area (Å²) in [6.07, 6.45) is 8.07. The molecule has 0 spiro atoms. The number of hydrogen-bond donors (Lipinski definition) is 1. The van der Waals surface area contributed by atoms with Crippen molar-refractivity contribution in [3.8, 4) is 12.3 Å². The van der Waals surface area contributed by atoms with Gasteiger partial charge in [-0.25, -0.2) is 0 Å². The number of para-hydroxylation sites is 1. The topological polar surface area (TPSA) is 54.3 Å². The van der Waals surface area contributed by atoms with Crippen molar-refractivity contribution < 1.29 is 9.59 Å². The summed E-state index contributed by atoms with van der Waals surface area (Å²) in [5.41, 5.74) is 3.29. The van der Waals surface area contributed by atoms with E-state index in [1.165, 1.54) is 11.3 Å². The number of imide groups is 1. The minimum atomic E-state index is -0.384. The molecule has 1 aliphatic heterocycles. The van der Waals surface area contributed by atoms with Gasteiger partial charge < -0.3 is 9.47 Å². The Kier molecular flexibility index (Phi) is 6.01. The van der Waals surface area contributed by atoms with E-state index in [0.29, 0.717) is 22.6 Å². The number of halogens is 1. The SMILES string of the molecule is C#CCCN(C)CCn1cc(C2=C(c3csc4ccc(Cl)cc34)C(=O)NC2=O)c2ccccc21. The van der Waals surface area contributed by atoms with Gasteiger partial charge in [0.15, 0.2) is 0 Å². The van der Waals surface area contributed by atoms with E-state index in [9.17, 15) is 9.59 Å². The van der Waals surface area contributed by atoms with Crippen molar-refractivity contribution >= 4 is 66.9 Å². The largest absolute Gasteiger partial charge is 0.346 e. The second-order valence-electron chi connectivity index (χ2n) is 8.33. The van der Waals surface area contributed by atoms with Crippen molar-refractivity contribution in [2.45, 2.75) is 13.0 Å². The van der Waals surface area contributed by atoms with Crippen molar-refractivity contribution in [2.75, 3.05) is 20.1 Å². The number of amides is 2. The molecule has 0 fully saturated rings. The highest BCUT2D eigenvalue weighted by atomic mass is 35.5. The lowest BCUT2D eigenvalue weighted by molar-refractivity contribution is -0.122. The molecule has 0 atom stereocenters. The van der Waals surface area contributed by atoms with Gasteiger partial charge in [-0.1, -0.05) is 29.8 Å². The van der Waals surface area contributed by atoms with Crippen LogP contribution in [0.1, 0.15) is 17.5 Å². The fraction of sp³-hybridized carbons (Fsp3) is 0.185. The van der Waals surface area contributed by atoms with Crippen LogP contribution in [0.4, 0.5) is 0 Å². The molecule has 0 unspecified atom stereocenters. The molecule has 2 aromatic heterocycles. The lowest BCUT2D eigenvalue weighted by Gasteiger charge is -2.15. The predicted octanol–water partition coefficient (Wildman–Crippen LogP) is 5.03. The van der Waals surface area contributed by atoms with Crippen molar-refractivity contribution in [2.24, 2.45) is 0 Å². The first-order chi connectivity index (χ1) is 16.5. The smallest absolute Gasteiger partial charge is 0.259 e. The van der Waals surface area contributed by atoms with Crippen LogP contribution in [0.15, 0.2) is 54.0 Å². The number of hydrogen-bond acceptors (Lipinski definition) is 4. The molecule has 170 valence electrons. The monoisotopic (exact) mass is 487 g/mol. The Morgan fingerprint density at radius 2 is 1.82 bits per heavy atom. The molecule has 3 heterocycles. The molecule has 0 radical (unpaired) electrons. The zero-order valence-electron chi connectivity index (χ0n) is 18.6. The first-order valence-corrected chi connectivity index (χ1v) is 12.2. The van der Waals surface area contributed by atoms with E-state index < -0.39 is 0 Å². The molecule has 5 nitrogen and oxygen atoms in total. The molecule has 2 amide bonds. The van der Waals surface area contributed by atoms with Gasteiger partial charge in [0.05, 0.1) is 11.1 Å². The molecule has 5 rings (SSSR count). The second-order valence-corrected chi connectivity index (χ2v) is 9.68. The molecule has 7 heteroatoms. The third-order valence-electron chi connectivity index (χ3n) is 6.15. The number of terminal acetylenes is 1. The van der Waals surface area contributed by atoms with Crippen LogP contribution < -0.4 is 5.32 Å². The molecular weight excluding hydrogens is 466 g/mol. The molecule has 0 saturated heterocycles. The molecule has 1 aliphatic rings. The highest BCUT2D eigenvalue weighted by Gasteiger charge is 2.35. The maximum atomic E-state index is 13.1. The van der Waals surface area contributed by atoms with Crippen LogP contribution in [0, 0.1) is 12.3 Å². The fourth-order valence-electron chi connectivity index (χ4n) is 4.44. The van der Waals surface area contributed by atoms with Crippen molar-refractivity contribution in [3.63, 3.8) is 0 Å². The summed E-state index contributed by atoms with van der Waals surface area (Å²) in [5, 5.41) is 6.83. The Morgan fingerprint density at radius 1 is 1.06 bits per heavy atom. The van der Waals surface area contributed by atoms with E-state index in [-0.39, 0.29) is 11.8 Å². The molecule has 0 saturated carbocycles. The summed E-state index contributed by atoms with van der Waals surface area (Å²) in [7, 11) is 2.04. The van der Waals surface area contributed by atoms with Crippen LogP contribution >= 0.6 is 22.9 Å². The van der Waals surface area contributed by atoms with Crippen LogP contribution in [-0.4, -0.2) is 41.4 Å². The average Bonchev–Trinajstić information content (AvgIpc) is 3.48. The van der Waals surface area contributed by atoms with Gasteiger partial charge in [0.2, 0.25) is 0 Å². The van der Waals surface area contributed by atoms with E-state index in [2.05, 4.69) is 20.7 Å². The number of aromatic nitrogens is 1. The first kappa shape index (κ1) is 22.4. The number of carbonyl (C=O) groups is 2. The zero-order valence-corrected chi connectivity index (χ0v) is 20.2. The van der Waals surface area contributed by atoms with E-state index in [0.717, 1.165) is 51.8 Å². The number of carbonyl (C=O) groups excluding carboxylic acids is 2. The van der Waals surface area contributed by atoms with Gasteiger partial charge in [0.1, 0.15) is 0 Å². The predicted molar refractivity (Wildman–Crippen MR) is 140 cm³/mol. The molecular formula is C27H22ClN3O2S. The lowest BCUT2D eigenvalue weighted by atomic mass is 9.95. The van der Waals surface area contributed by atoms with Crippen LogP contribution in [0.25, 0.3) is 32.1 Å². The average molecular weight is 488 g/mol. The van der Waals surface area contributed by atoms with Crippen molar-refractivity contribution in [3.05, 3.63) is 70.2 Å². The highest BCUT2D eigenvalue weighted by molar-refractivity contribution is 7.17. The summed E-state index contributed by atoms with van der Waals surface area (Å²) < 4.78 is 3.15. The molecule has 0 bridgehead atoms. The van der Waals surface area contributed by atoms with Crippen LogP contribution in [0.5, 0.6) is 0 Å². The van der Waals surface area contributed by atoms with Gasteiger partial charge in [-0.3, -0.25) is 14.9 Å². The van der Waals surface area contributed by atoms with Gasteiger partial charge in [-0.15, -0.1) is 23.7 Å². The Labute approximate surface area is 206 Å². The van der Waals surface area contributed by atoms with Crippen molar-refractivity contribution in [1.29, 1.82) is 0 Å². The maximum Gasteiger partial charge on any atom is 0.259 e. The van der Waals surface area contributed by atoms with Crippen molar-refractivity contribution in [1.82, 2.24) is 14.8 Å². The molecule has 2 aromatic carbocycles. The Balaban J connectivity index is 1.64. The molecule has 34 heavy (non-hydrogen) atoms. The number of nitrogens with zero attached hydrogens (tertiary/aromatic N) is 2. The second kappa shape index (κ2) is 9.11. The van der Waals surface area contributed by atoms with Gasteiger partial charge in [-0.05, 0) is 31.3 Å². The van der Waals surface area contributed by atoms with E-state index in [1.54, 1.807) is 0 Å². The number of nitrogens with one attached hydrogen (secondary N) is 1. The first-order valence-electron chi connectivity index (χ1n) is 10.9. The van der Waals surface area contributed by atoms with Gasteiger partial charge in [0, 0.05) is 74.8 Å². The number of fused-ring (bicyclic) bond motifs is 2. The summed E-state index contributed by atoms with van der Waals surface area (Å²) in [6, 6.07) is 13.6. The van der Waals surface area contributed by atoms with Crippen LogP contribution in [0.3, 0.4) is 0 Å². The number of likely N-dealkylation sites (N-methyl/N-ethyl adjacent to an activating group) is 1. The van der Waals surface area contributed by atoms with Crippen LogP contribution in [0.2, 0.25) is 5.02 Å². The minimum absolute atomic E-state index is 0.379. The summed E-state index contributed by atoms with van der Waals surface area (Å²) in [5.74, 6) is 1.91. The maximum absolute atomic E-state index is 13.1. The highest BCUT2D eigenvalue weighted by Crippen LogP contribution is 2.40. The normalized spacial score (nSPS) is 13.9. The van der Waals surface area contributed by atoms with Gasteiger partial charge in [-0.2, -0.15) is 0 Å². The van der Waals surface area contributed by atoms with Gasteiger partial charge >= 0.3 is 0 Å². The van der Waals surface area contributed by atoms with E-state index in [4.69, 9.17) is 18.0 Å². The van der Waals surface area contributed by atoms with Gasteiger partial charge in [0.25, 0.3) is 11.8 Å². The third-order valence-corrected chi connectivity index (χ3v) is 7.35. The van der Waals surface area contributed by atoms with Crippen LogP contribution in [-0.2, 0) is 16.1 Å². The fourth-order valence-corrected chi connectivity index (χ4v) is 5.54. The summed E-state index contributed by atoms with van der Waals surface area (Å²) in [4.78, 5) is 28.3. The standard InChI is InChI=1S/C27H22ClN3O2S/c1-3-4-11-30(2)12-13-31-15-20(18-7-5-6-8-22(18)31)24-25(27(33)29-26(24)32)21-16-34-23-10-9-17(28)14-19(21)23/h1,5-10,14-16H,4,11-13H2,2H3,(H,29,32,33). The van der Waals surface area contributed by atoms with E-state index >= 15 is 0 Å². The number of thiophene rings is 1. The Morgan fingerprint density at radius 3 is 2.62 bits per heavy atom. The minimum Gasteiger partial charge on any atom is -0.346 e. The third kappa shape index (κ3) is 3.92. The molecule has 4 aromatic rings. The quantitative estimate of drug-likeness (QED) is 0.294. The zero-order chi connectivity index (χ0) is 23.8. The Hall–Kier alpha value is -3.37. The number of rotatable bonds is 7. The molecule has 0 aliphatic carbocycles. The number of benzene rings is 2.